The monoisotopic (exact) mass is 290 g/mol. The molecule has 1 aromatic rings. The van der Waals surface area contributed by atoms with E-state index in [0.29, 0.717) is 5.92 Å². The van der Waals surface area contributed by atoms with Crippen LogP contribution in [0.3, 0.4) is 0 Å². The highest BCUT2D eigenvalue weighted by Crippen LogP contribution is 2.46. The van der Waals surface area contributed by atoms with E-state index in [-0.39, 0.29) is 11.8 Å². The van der Waals surface area contributed by atoms with Gasteiger partial charge in [0.1, 0.15) is 0 Å². The molecule has 0 saturated heterocycles. The number of rotatable bonds is 4. The lowest BCUT2D eigenvalue weighted by molar-refractivity contribution is -0.119. The molecule has 2 nitrogen and oxygen atoms in total. The summed E-state index contributed by atoms with van der Waals surface area (Å²) in [7, 11) is 0. The van der Waals surface area contributed by atoms with Gasteiger partial charge < -0.3 is 10.2 Å². The number of hydrogen-bond acceptors (Lipinski definition) is 2. The molecule has 1 aliphatic carbocycles. The topological polar surface area (TPSA) is 40.5 Å². The molecular weight excluding hydrogens is 260 g/mol. The Kier molecular flexibility index (Phi) is 4.79. The second-order valence-corrected chi connectivity index (χ2v) is 7.82. The van der Waals surface area contributed by atoms with Crippen LogP contribution in [0.5, 0.6) is 0 Å². The lowest BCUT2D eigenvalue weighted by Gasteiger charge is -2.49. The molecule has 2 heteroatoms. The Labute approximate surface area is 129 Å². The van der Waals surface area contributed by atoms with Crippen LogP contribution in [0.2, 0.25) is 0 Å². The van der Waals surface area contributed by atoms with Crippen molar-refractivity contribution in [1.29, 1.82) is 0 Å². The van der Waals surface area contributed by atoms with E-state index in [9.17, 15) is 10.2 Å². The summed E-state index contributed by atoms with van der Waals surface area (Å²) in [6.45, 7) is 7.59. The van der Waals surface area contributed by atoms with Gasteiger partial charge in [-0.3, -0.25) is 0 Å². The summed E-state index contributed by atoms with van der Waals surface area (Å²) in [5.74, 6) is 0.712. The van der Waals surface area contributed by atoms with Gasteiger partial charge in [0.25, 0.3) is 0 Å². The van der Waals surface area contributed by atoms with Gasteiger partial charge in [-0.2, -0.15) is 0 Å². The summed E-state index contributed by atoms with van der Waals surface area (Å²) in [6.07, 6.45) is 4.26. The number of hydrogen-bond donors (Lipinski definition) is 2. The van der Waals surface area contributed by atoms with Crippen molar-refractivity contribution in [3.05, 3.63) is 35.9 Å². The molecule has 118 valence electrons. The molecule has 2 N–H and O–H groups in total. The molecule has 1 aliphatic rings. The molecule has 0 aromatic heterocycles. The van der Waals surface area contributed by atoms with Crippen molar-refractivity contribution >= 4 is 0 Å². The molecule has 2 rings (SSSR count). The van der Waals surface area contributed by atoms with Crippen molar-refractivity contribution in [1.82, 2.24) is 0 Å². The Morgan fingerprint density at radius 1 is 0.952 bits per heavy atom. The summed E-state index contributed by atoms with van der Waals surface area (Å²) in [5, 5.41) is 21.3. The maximum absolute atomic E-state index is 10.7. The quantitative estimate of drug-likeness (QED) is 0.885. The Bertz CT molecular complexity index is 439. The molecule has 0 radical (unpaired) electrons. The minimum Gasteiger partial charge on any atom is -0.390 e. The van der Waals surface area contributed by atoms with Gasteiger partial charge in [-0.1, -0.05) is 36.8 Å². The van der Waals surface area contributed by atoms with E-state index in [2.05, 4.69) is 24.3 Å². The smallest absolute Gasteiger partial charge is 0.0626 e. The van der Waals surface area contributed by atoms with Gasteiger partial charge in [-0.05, 0) is 70.3 Å². The molecule has 0 amide bonds. The van der Waals surface area contributed by atoms with Crippen LogP contribution in [0.1, 0.15) is 52.5 Å². The minimum absolute atomic E-state index is 0.131. The highest BCUT2D eigenvalue weighted by molar-refractivity contribution is 5.16. The molecule has 1 aromatic carbocycles. The molecular formula is C19H30O2. The van der Waals surface area contributed by atoms with Crippen LogP contribution in [0.15, 0.2) is 30.3 Å². The van der Waals surface area contributed by atoms with Gasteiger partial charge in [0.15, 0.2) is 0 Å². The molecule has 0 spiro atoms. The number of aliphatic hydroxyl groups is 2. The van der Waals surface area contributed by atoms with E-state index in [4.69, 9.17) is 0 Å². The second-order valence-electron chi connectivity index (χ2n) is 7.82. The average Bonchev–Trinajstić information content (AvgIpc) is 2.37. The van der Waals surface area contributed by atoms with Crippen LogP contribution in [-0.4, -0.2) is 21.4 Å². The molecule has 0 aliphatic heterocycles. The Morgan fingerprint density at radius 3 is 2.10 bits per heavy atom. The first-order valence-electron chi connectivity index (χ1n) is 8.18. The average molecular weight is 290 g/mol. The fraction of sp³-hybridized carbons (Fsp3) is 0.684. The van der Waals surface area contributed by atoms with E-state index in [0.717, 1.165) is 25.7 Å². The first kappa shape index (κ1) is 16.5. The van der Waals surface area contributed by atoms with E-state index >= 15 is 0 Å². The normalized spacial score (nSPS) is 27.6. The Morgan fingerprint density at radius 2 is 1.57 bits per heavy atom. The van der Waals surface area contributed by atoms with Crippen LogP contribution in [-0.2, 0) is 6.42 Å². The van der Waals surface area contributed by atoms with Crippen LogP contribution >= 0.6 is 0 Å². The van der Waals surface area contributed by atoms with E-state index in [1.165, 1.54) is 5.56 Å². The first-order valence-corrected chi connectivity index (χ1v) is 8.18. The van der Waals surface area contributed by atoms with Crippen molar-refractivity contribution in [2.75, 3.05) is 0 Å². The van der Waals surface area contributed by atoms with Crippen LogP contribution in [0, 0.1) is 17.8 Å². The third-order valence-electron chi connectivity index (χ3n) is 5.10. The summed E-state index contributed by atoms with van der Waals surface area (Å²) in [6, 6.07) is 10.5. The lowest BCUT2D eigenvalue weighted by atomic mass is 9.60. The first-order chi connectivity index (χ1) is 9.69. The van der Waals surface area contributed by atoms with Crippen molar-refractivity contribution in [3.8, 4) is 0 Å². The highest BCUT2D eigenvalue weighted by atomic mass is 16.3. The SMILES string of the molecule is CC(C)(O)C1C(Cc2ccccc2)CCC[C@H]1C(C)(C)O. The highest BCUT2D eigenvalue weighted by Gasteiger charge is 2.47. The Balaban J connectivity index is 2.26. The van der Waals surface area contributed by atoms with Crippen LogP contribution in [0.4, 0.5) is 0 Å². The lowest BCUT2D eigenvalue weighted by Crippen LogP contribution is -2.51. The molecule has 3 atom stereocenters. The van der Waals surface area contributed by atoms with E-state index in [1.54, 1.807) is 0 Å². The van der Waals surface area contributed by atoms with Gasteiger partial charge in [0.2, 0.25) is 0 Å². The van der Waals surface area contributed by atoms with Crippen molar-refractivity contribution in [2.24, 2.45) is 17.8 Å². The van der Waals surface area contributed by atoms with Gasteiger partial charge >= 0.3 is 0 Å². The summed E-state index contributed by atoms with van der Waals surface area (Å²) >= 11 is 0. The largest absolute Gasteiger partial charge is 0.390 e. The zero-order valence-electron chi connectivity index (χ0n) is 13.8. The molecule has 0 bridgehead atoms. The predicted octanol–water partition coefficient (Wildman–Crippen LogP) is 3.80. The zero-order valence-corrected chi connectivity index (χ0v) is 13.8. The van der Waals surface area contributed by atoms with Gasteiger partial charge in [0, 0.05) is 0 Å². The van der Waals surface area contributed by atoms with Crippen LogP contribution in [0.25, 0.3) is 0 Å². The fourth-order valence-electron chi connectivity index (χ4n) is 4.30. The van der Waals surface area contributed by atoms with Gasteiger partial charge in [0.05, 0.1) is 11.2 Å². The predicted molar refractivity (Wildman–Crippen MR) is 87.1 cm³/mol. The minimum atomic E-state index is -0.759. The standard InChI is InChI=1S/C19H30O2/c1-18(2,20)16-12-8-11-15(17(16)19(3,4)21)13-14-9-6-5-7-10-14/h5-7,9-10,15-17,20-21H,8,11-13H2,1-4H3/t15?,16-,17?/m1/s1. The van der Waals surface area contributed by atoms with Crippen molar-refractivity contribution < 1.29 is 10.2 Å². The van der Waals surface area contributed by atoms with Gasteiger partial charge in [-0.25, -0.2) is 0 Å². The molecule has 1 fully saturated rings. The third-order valence-corrected chi connectivity index (χ3v) is 5.10. The van der Waals surface area contributed by atoms with Crippen molar-refractivity contribution in [3.63, 3.8) is 0 Å². The molecule has 1 saturated carbocycles. The zero-order chi connectivity index (χ0) is 15.7. The van der Waals surface area contributed by atoms with Crippen LogP contribution < -0.4 is 0 Å². The second kappa shape index (κ2) is 6.10. The summed E-state index contributed by atoms with van der Waals surface area (Å²) < 4.78 is 0. The fourth-order valence-corrected chi connectivity index (χ4v) is 4.30. The van der Waals surface area contributed by atoms with Crippen molar-refractivity contribution in [2.45, 2.75) is 64.6 Å². The Hall–Kier alpha value is -0.860. The molecule has 0 heterocycles. The number of benzene rings is 1. The third kappa shape index (κ3) is 4.08. The summed E-state index contributed by atoms with van der Waals surface area (Å²) in [5.41, 5.74) is -0.168. The maximum Gasteiger partial charge on any atom is 0.0626 e. The van der Waals surface area contributed by atoms with E-state index in [1.807, 2.05) is 33.8 Å². The van der Waals surface area contributed by atoms with Gasteiger partial charge in [-0.15, -0.1) is 0 Å². The molecule has 2 unspecified atom stereocenters. The van der Waals surface area contributed by atoms with E-state index < -0.39 is 11.2 Å². The summed E-state index contributed by atoms with van der Waals surface area (Å²) in [4.78, 5) is 0. The maximum atomic E-state index is 10.7. The molecule has 21 heavy (non-hydrogen) atoms.